The Morgan fingerprint density at radius 3 is 2.43 bits per heavy atom. The van der Waals surface area contributed by atoms with Crippen molar-refractivity contribution in [1.29, 1.82) is 0 Å². The van der Waals surface area contributed by atoms with Crippen LogP contribution in [0.3, 0.4) is 0 Å². The number of phenolic OH excluding ortho intramolecular Hbond substituents is 2. The fourth-order valence-electron chi connectivity index (χ4n) is 2.22. The van der Waals surface area contributed by atoms with Gasteiger partial charge in [-0.1, -0.05) is 33.2 Å². The first kappa shape index (κ1) is 13.7. The summed E-state index contributed by atoms with van der Waals surface area (Å²) in [5.41, 5.74) is 2.99. The Balaban J connectivity index is 2.19. The lowest BCUT2D eigenvalue weighted by molar-refractivity contribution is 0.420. The van der Waals surface area contributed by atoms with E-state index in [-0.39, 0.29) is 11.5 Å². The second-order valence-corrected chi connectivity index (χ2v) is 5.60. The molecule has 0 aliphatic heterocycles. The molecule has 5 heteroatoms. The number of halogens is 1. The number of rotatable bonds is 2. The maximum absolute atomic E-state index is 10.0. The zero-order chi connectivity index (χ0) is 15.0. The van der Waals surface area contributed by atoms with Crippen molar-refractivity contribution < 1.29 is 14.7 Å². The molecule has 0 aliphatic carbocycles. The summed E-state index contributed by atoms with van der Waals surface area (Å²) in [6.07, 6.45) is 0. The number of phenols is 2. The van der Waals surface area contributed by atoms with Gasteiger partial charge >= 0.3 is 0 Å². The van der Waals surface area contributed by atoms with Gasteiger partial charge in [0.1, 0.15) is 11.5 Å². The molecule has 0 radical (unpaired) electrons. The molecule has 1 aromatic heterocycles. The standard InChI is InChI=1S/C16H12BrNO3/c1-9-15(10-2-4-11(17)5-3-10)16(21-18-9)13-7-6-12(19)8-14(13)20/h2-8,19-20H,1H3. The van der Waals surface area contributed by atoms with E-state index >= 15 is 0 Å². The molecule has 0 amide bonds. The van der Waals surface area contributed by atoms with E-state index in [2.05, 4.69) is 21.1 Å². The Kier molecular flexibility index (Phi) is 3.43. The zero-order valence-corrected chi connectivity index (χ0v) is 12.8. The predicted octanol–water partition coefficient (Wildman–Crippen LogP) is 4.49. The fraction of sp³-hybridized carbons (Fsp3) is 0.0625. The van der Waals surface area contributed by atoms with Crippen LogP contribution >= 0.6 is 15.9 Å². The van der Waals surface area contributed by atoms with Gasteiger partial charge in [-0.25, -0.2) is 0 Å². The Labute approximate surface area is 129 Å². The molecule has 2 N–H and O–H groups in total. The molecule has 0 fully saturated rings. The summed E-state index contributed by atoms with van der Waals surface area (Å²) in [5, 5.41) is 23.4. The maximum Gasteiger partial charge on any atom is 0.178 e. The highest BCUT2D eigenvalue weighted by Gasteiger charge is 2.19. The van der Waals surface area contributed by atoms with E-state index in [1.807, 2.05) is 31.2 Å². The largest absolute Gasteiger partial charge is 0.508 e. The molecule has 3 rings (SSSR count). The first-order chi connectivity index (χ1) is 10.1. The molecular weight excluding hydrogens is 334 g/mol. The smallest absolute Gasteiger partial charge is 0.178 e. The number of hydrogen-bond donors (Lipinski definition) is 2. The van der Waals surface area contributed by atoms with Crippen LogP contribution in [0.1, 0.15) is 5.69 Å². The molecule has 2 aromatic carbocycles. The molecular formula is C16H12BrNO3. The average Bonchev–Trinajstić information content (AvgIpc) is 2.82. The lowest BCUT2D eigenvalue weighted by Crippen LogP contribution is -1.84. The Morgan fingerprint density at radius 1 is 1.05 bits per heavy atom. The van der Waals surface area contributed by atoms with E-state index in [4.69, 9.17) is 4.52 Å². The number of benzene rings is 2. The third-order valence-corrected chi connectivity index (χ3v) is 3.75. The van der Waals surface area contributed by atoms with E-state index in [0.717, 1.165) is 21.3 Å². The van der Waals surface area contributed by atoms with Crippen LogP contribution in [0.15, 0.2) is 51.5 Å². The number of hydrogen-bond acceptors (Lipinski definition) is 4. The summed E-state index contributed by atoms with van der Waals surface area (Å²) in [7, 11) is 0. The van der Waals surface area contributed by atoms with Crippen LogP contribution < -0.4 is 0 Å². The maximum atomic E-state index is 10.0. The van der Waals surface area contributed by atoms with Crippen LogP contribution in [0, 0.1) is 6.92 Å². The highest BCUT2D eigenvalue weighted by Crippen LogP contribution is 2.40. The molecule has 106 valence electrons. The van der Waals surface area contributed by atoms with Crippen LogP contribution in [-0.2, 0) is 0 Å². The number of nitrogens with zero attached hydrogens (tertiary/aromatic N) is 1. The van der Waals surface area contributed by atoms with Crippen LogP contribution in [0.25, 0.3) is 22.5 Å². The molecule has 0 saturated heterocycles. The van der Waals surface area contributed by atoms with Crippen molar-refractivity contribution in [1.82, 2.24) is 5.16 Å². The molecule has 21 heavy (non-hydrogen) atoms. The minimum absolute atomic E-state index is 0.00215. The number of aromatic nitrogens is 1. The minimum Gasteiger partial charge on any atom is -0.508 e. The predicted molar refractivity (Wildman–Crippen MR) is 83.1 cm³/mol. The number of aromatic hydroxyl groups is 2. The summed E-state index contributed by atoms with van der Waals surface area (Å²) in [6, 6.07) is 12.1. The second-order valence-electron chi connectivity index (χ2n) is 4.68. The van der Waals surface area contributed by atoms with Gasteiger partial charge in [-0.3, -0.25) is 0 Å². The SMILES string of the molecule is Cc1noc(-c2ccc(O)cc2O)c1-c1ccc(Br)cc1. The van der Waals surface area contributed by atoms with Gasteiger partial charge in [-0.2, -0.15) is 0 Å². The van der Waals surface area contributed by atoms with Crippen molar-refractivity contribution in [3.63, 3.8) is 0 Å². The first-order valence-corrected chi connectivity index (χ1v) is 7.10. The zero-order valence-electron chi connectivity index (χ0n) is 11.2. The molecule has 0 spiro atoms. The topological polar surface area (TPSA) is 66.5 Å². The Morgan fingerprint density at radius 2 is 1.76 bits per heavy atom. The first-order valence-electron chi connectivity index (χ1n) is 6.31. The van der Waals surface area contributed by atoms with Gasteiger partial charge < -0.3 is 14.7 Å². The van der Waals surface area contributed by atoms with Gasteiger partial charge in [-0.05, 0) is 36.8 Å². The van der Waals surface area contributed by atoms with Gasteiger partial charge in [-0.15, -0.1) is 0 Å². The van der Waals surface area contributed by atoms with Gasteiger partial charge in [0.15, 0.2) is 5.76 Å². The fourth-order valence-corrected chi connectivity index (χ4v) is 2.49. The molecule has 0 unspecified atom stereocenters. The van der Waals surface area contributed by atoms with E-state index in [1.54, 1.807) is 6.07 Å². The third-order valence-electron chi connectivity index (χ3n) is 3.22. The molecule has 1 heterocycles. The highest BCUT2D eigenvalue weighted by atomic mass is 79.9. The van der Waals surface area contributed by atoms with Crippen LogP contribution in [-0.4, -0.2) is 15.4 Å². The van der Waals surface area contributed by atoms with Crippen molar-refractivity contribution in [2.45, 2.75) is 6.92 Å². The normalized spacial score (nSPS) is 10.8. The molecule has 0 atom stereocenters. The monoisotopic (exact) mass is 345 g/mol. The van der Waals surface area contributed by atoms with E-state index in [1.165, 1.54) is 12.1 Å². The highest BCUT2D eigenvalue weighted by molar-refractivity contribution is 9.10. The van der Waals surface area contributed by atoms with E-state index in [9.17, 15) is 10.2 Å². The molecule has 0 bridgehead atoms. The van der Waals surface area contributed by atoms with Crippen molar-refractivity contribution in [3.8, 4) is 33.9 Å². The Hall–Kier alpha value is -2.27. The molecule has 4 nitrogen and oxygen atoms in total. The van der Waals surface area contributed by atoms with Crippen LogP contribution in [0.4, 0.5) is 0 Å². The van der Waals surface area contributed by atoms with E-state index in [0.29, 0.717) is 11.3 Å². The summed E-state index contributed by atoms with van der Waals surface area (Å²) < 4.78 is 6.36. The van der Waals surface area contributed by atoms with Crippen molar-refractivity contribution in [3.05, 3.63) is 52.6 Å². The van der Waals surface area contributed by atoms with Crippen LogP contribution in [0.5, 0.6) is 11.5 Å². The van der Waals surface area contributed by atoms with Crippen molar-refractivity contribution in [2.24, 2.45) is 0 Å². The van der Waals surface area contributed by atoms with Gasteiger partial charge in [0.2, 0.25) is 0 Å². The van der Waals surface area contributed by atoms with Crippen molar-refractivity contribution in [2.75, 3.05) is 0 Å². The van der Waals surface area contributed by atoms with E-state index < -0.39 is 0 Å². The minimum atomic E-state index is -0.0514. The third kappa shape index (κ3) is 2.52. The van der Waals surface area contributed by atoms with Crippen LogP contribution in [0.2, 0.25) is 0 Å². The number of aryl methyl sites for hydroxylation is 1. The second kappa shape index (κ2) is 5.26. The van der Waals surface area contributed by atoms with Crippen molar-refractivity contribution >= 4 is 15.9 Å². The average molecular weight is 346 g/mol. The molecule has 0 aliphatic rings. The lowest BCUT2D eigenvalue weighted by atomic mass is 9.99. The molecule has 0 saturated carbocycles. The lowest BCUT2D eigenvalue weighted by Gasteiger charge is -2.05. The summed E-state index contributed by atoms with van der Waals surface area (Å²) in [5.74, 6) is 0.425. The summed E-state index contributed by atoms with van der Waals surface area (Å²) in [4.78, 5) is 0. The van der Waals surface area contributed by atoms with Gasteiger partial charge in [0.25, 0.3) is 0 Å². The molecule has 3 aromatic rings. The van der Waals surface area contributed by atoms with Gasteiger partial charge in [0, 0.05) is 10.5 Å². The summed E-state index contributed by atoms with van der Waals surface area (Å²) >= 11 is 3.40. The summed E-state index contributed by atoms with van der Waals surface area (Å²) in [6.45, 7) is 1.85. The quantitative estimate of drug-likeness (QED) is 0.717. The van der Waals surface area contributed by atoms with Gasteiger partial charge in [0.05, 0.1) is 16.8 Å². The Bertz CT molecular complexity index is 794.